The third kappa shape index (κ3) is 13.9. The number of hydrogen-bond donors (Lipinski definition) is 5. The van der Waals surface area contributed by atoms with Gasteiger partial charge in [0, 0.05) is 34.8 Å². The number of unbranched alkanes of at least 4 members (excludes halogenated alkanes) is 1. The van der Waals surface area contributed by atoms with Crippen LogP contribution < -0.4 is 21.7 Å². The maximum Gasteiger partial charge on any atom is 0.516 e. The van der Waals surface area contributed by atoms with Crippen molar-refractivity contribution in [2.45, 2.75) is 132 Å². The van der Waals surface area contributed by atoms with Crippen molar-refractivity contribution in [3.05, 3.63) is 180 Å². The maximum atomic E-state index is 15.6. The Morgan fingerprint density at radius 1 is 0.707 bits per heavy atom. The highest BCUT2D eigenvalue weighted by molar-refractivity contribution is 8.02. The number of benzene rings is 5. The van der Waals surface area contributed by atoms with E-state index in [1.165, 1.54) is 16.7 Å². The van der Waals surface area contributed by atoms with Gasteiger partial charge >= 0.3 is 12.1 Å². The van der Waals surface area contributed by atoms with Crippen molar-refractivity contribution >= 4 is 58.4 Å². The number of nitrogens with one attached hydrogen (secondary N) is 4. The smallest absolute Gasteiger partial charge is 0.428 e. The van der Waals surface area contributed by atoms with Crippen LogP contribution in [-0.4, -0.2) is 92.7 Å². The van der Waals surface area contributed by atoms with E-state index in [0.29, 0.717) is 24.8 Å². The molecule has 0 aliphatic carbocycles. The van der Waals surface area contributed by atoms with E-state index in [0.717, 1.165) is 39.6 Å². The number of esters is 1. The van der Waals surface area contributed by atoms with Crippen LogP contribution in [0.1, 0.15) is 101 Å². The van der Waals surface area contributed by atoms with Gasteiger partial charge < -0.3 is 41.0 Å². The van der Waals surface area contributed by atoms with Crippen LogP contribution in [0.3, 0.4) is 0 Å². The number of fused-ring (bicyclic) bond motifs is 1. The van der Waals surface area contributed by atoms with Crippen LogP contribution in [0.5, 0.6) is 0 Å². The summed E-state index contributed by atoms with van der Waals surface area (Å²) in [5.74, 6) is -3.30. The van der Waals surface area contributed by atoms with Gasteiger partial charge in [0.15, 0.2) is 0 Å². The summed E-state index contributed by atoms with van der Waals surface area (Å²) in [4.78, 5) is 91.2. The van der Waals surface area contributed by atoms with Crippen molar-refractivity contribution in [3.63, 3.8) is 0 Å². The molecule has 0 saturated carbocycles. The number of para-hydroxylation sites is 1. The topological polar surface area (TPSA) is 202 Å². The SMILES string of the molecule is CCCC[C@H](NC(=O)[C@@H](N)Cc1ccccc1)C(=O)N1CCC[C@H]1C(=O)N[C@H](C(=O)N[C@@H](Cc1c[nH]c2ccccc12)C(=O)OC(=O)OC(C)(C)C)C(C)(C)SC(c1ccccc1)(c1ccccc1)c1ccccc1. The number of aromatic nitrogens is 1. The average Bonchev–Trinajstić information content (AvgIpc) is 4.06. The number of carbonyl (C=O) groups is 6. The van der Waals surface area contributed by atoms with Crippen LogP contribution in [0, 0.1) is 0 Å². The predicted octanol–water partition coefficient (Wildman–Crippen LogP) is 8.90. The lowest BCUT2D eigenvalue weighted by atomic mass is 9.84. The summed E-state index contributed by atoms with van der Waals surface area (Å²) < 4.78 is 8.42. The Morgan fingerprint density at radius 3 is 1.83 bits per heavy atom. The zero-order valence-electron chi connectivity index (χ0n) is 43.7. The average molecular weight is 1040 g/mol. The largest absolute Gasteiger partial charge is 0.516 e. The number of rotatable bonds is 21. The van der Waals surface area contributed by atoms with E-state index < -0.39 is 81.1 Å². The summed E-state index contributed by atoms with van der Waals surface area (Å²) in [6.07, 6.45) is 3.16. The monoisotopic (exact) mass is 1030 g/mol. The molecule has 5 aromatic carbocycles. The molecule has 0 radical (unpaired) electrons. The molecule has 15 heteroatoms. The van der Waals surface area contributed by atoms with Gasteiger partial charge in [-0.2, -0.15) is 0 Å². The summed E-state index contributed by atoms with van der Waals surface area (Å²) in [7, 11) is 0. The Morgan fingerprint density at radius 2 is 1.25 bits per heavy atom. The Bertz CT molecular complexity index is 2800. The van der Waals surface area contributed by atoms with Gasteiger partial charge in [-0.1, -0.05) is 159 Å². The molecule has 2 heterocycles. The van der Waals surface area contributed by atoms with Gasteiger partial charge in [0.2, 0.25) is 23.6 Å². The molecular formula is C60H70N6O8S. The minimum absolute atomic E-state index is 0.0988. The first-order chi connectivity index (χ1) is 35.9. The number of aromatic amines is 1. The number of amides is 4. The summed E-state index contributed by atoms with van der Waals surface area (Å²) in [6, 6.07) is 40.9. The normalized spacial score (nSPS) is 15.5. The van der Waals surface area contributed by atoms with Crippen LogP contribution >= 0.6 is 11.8 Å². The molecule has 1 aromatic heterocycles. The summed E-state index contributed by atoms with van der Waals surface area (Å²) in [6.45, 7) is 10.9. The van der Waals surface area contributed by atoms with Crippen LogP contribution in [-0.2, 0) is 51.0 Å². The van der Waals surface area contributed by atoms with Gasteiger partial charge in [-0.25, -0.2) is 9.59 Å². The van der Waals surface area contributed by atoms with Crippen LogP contribution in [0.15, 0.2) is 152 Å². The summed E-state index contributed by atoms with van der Waals surface area (Å²) in [5.41, 5.74) is 10.5. The third-order valence-corrected chi connectivity index (χ3v) is 15.2. The minimum atomic E-state index is -1.45. The van der Waals surface area contributed by atoms with Crippen molar-refractivity contribution in [1.29, 1.82) is 0 Å². The fourth-order valence-electron chi connectivity index (χ4n) is 9.74. The Hall–Kier alpha value is -7.23. The number of carbonyl (C=O) groups excluding carboxylic acids is 6. The van der Waals surface area contributed by atoms with E-state index in [4.69, 9.17) is 15.2 Å². The Labute approximate surface area is 444 Å². The second kappa shape index (κ2) is 24.9. The van der Waals surface area contributed by atoms with E-state index in [-0.39, 0.29) is 25.8 Å². The van der Waals surface area contributed by atoms with Crippen molar-refractivity contribution in [2.75, 3.05) is 6.54 Å². The van der Waals surface area contributed by atoms with Crippen LogP contribution in [0.4, 0.5) is 4.79 Å². The summed E-state index contributed by atoms with van der Waals surface area (Å²) in [5, 5.41) is 9.74. The quantitative estimate of drug-likeness (QED) is 0.0263. The highest BCUT2D eigenvalue weighted by atomic mass is 32.2. The molecule has 14 nitrogen and oxygen atoms in total. The lowest BCUT2D eigenvalue weighted by molar-refractivity contribution is -0.146. The zero-order valence-corrected chi connectivity index (χ0v) is 44.5. The molecule has 0 unspecified atom stereocenters. The molecule has 4 amide bonds. The minimum Gasteiger partial charge on any atom is -0.428 e. The second-order valence-electron chi connectivity index (χ2n) is 20.6. The van der Waals surface area contributed by atoms with Crippen molar-refractivity contribution in [2.24, 2.45) is 5.73 Å². The molecule has 1 aliphatic heterocycles. The fraction of sp³-hybridized carbons (Fsp3) is 0.367. The van der Waals surface area contributed by atoms with Crippen LogP contribution in [0.2, 0.25) is 0 Å². The number of nitrogens with zero attached hydrogens (tertiary/aromatic N) is 1. The van der Waals surface area contributed by atoms with Crippen molar-refractivity contribution in [3.8, 4) is 0 Å². The lowest BCUT2D eigenvalue weighted by Crippen LogP contribution is -2.63. The molecule has 394 valence electrons. The Balaban J connectivity index is 1.27. The van der Waals surface area contributed by atoms with Gasteiger partial charge in [0.25, 0.3) is 0 Å². The molecule has 6 aromatic rings. The van der Waals surface area contributed by atoms with E-state index in [1.807, 2.05) is 166 Å². The van der Waals surface area contributed by atoms with Crippen molar-refractivity contribution < 1.29 is 38.2 Å². The molecule has 1 fully saturated rings. The van der Waals surface area contributed by atoms with E-state index >= 15 is 9.59 Å². The van der Waals surface area contributed by atoms with Crippen molar-refractivity contribution in [1.82, 2.24) is 25.8 Å². The van der Waals surface area contributed by atoms with E-state index in [2.05, 4.69) is 20.9 Å². The number of thioether (sulfide) groups is 1. The maximum absolute atomic E-state index is 15.6. The number of likely N-dealkylation sites (tertiary alicyclic amines) is 1. The molecule has 75 heavy (non-hydrogen) atoms. The molecule has 0 bridgehead atoms. The number of nitrogens with two attached hydrogens (primary N) is 1. The molecule has 6 N–H and O–H groups in total. The molecular weight excluding hydrogens is 965 g/mol. The van der Waals surface area contributed by atoms with Gasteiger partial charge in [-0.15, -0.1) is 11.8 Å². The van der Waals surface area contributed by atoms with E-state index in [9.17, 15) is 19.2 Å². The zero-order chi connectivity index (χ0) is 53.8. The van der Waals surface area contributed by atoms with E-state index in [1.54, 1.807) is 27.0 Å². The predicted molar refractivity (Wildman–Crippen MR) is 293 cm³/mol. The summed E-state index contributed by atoms with van der Waals surface area (Å²) >= 11 is 1.45. The fourth-order valence-corrected chi connectivity index (χ4v) is 11.6. The molecule has 0 spiro atoms. The highest BCUT2D eigenvalue weighted by Crippen LogP contribution is 2.54. The molecule has 1 aliphatic rings. The van der Waals surface area contributed by atoms with Gasteiger partial charge in [-0.05, 0) is 94.2 Å². The van der Waals surface area contributed by atoms with Gasteiger partial charge in [-0.3, -0.25) is 19.2 Å². The second-order valence-corrected chi connectivity index (χ2v) is 22.5. The highest BCUT2D eigenvalue weighted by Gasteiger charge is 2.49. The van der Waals surface area contributed by atoms with Crippen LogP contribution in [0.25, 0.3) is 10.9 Å². The lowest BCUT2D eigenvalue weighted by Gasteiger charge is -2.44. The first kappa shape index (κ1) is 55.5. The Kier molecular flexibility index (Phi) is 18.4. The molecule has 1 saturated heterocycles. The van der Waals surface area contributed by atoms with Gasteiger partial charge in [0.05, 0.1) is 10.8 Å². The number of H-pyrrole nitrogens is 1. The molecule has 5 atom stereocenters. The number of hydrogen-bond acceptors (Lipinski definition) is 10. The standard InChI is InChI=1S/C60H70N6O8S/c1-7-8-33-48(63-52(67)46(61)37-40-24-13-9-14-25-40)55(70)66-36-23-35-50(66)53(68)65-51(54(69)64-49(56(71)73-57(72)74-58(2,3)4)38-41-39-62-47-34-22-21-32-45(41)47)59(5,6)75-60(42-26-15-10-16-27-42,43-28-17-11-18-29-43)44-30-19-12-20-31-44/h9-22,24-32,34,39,46,48-51,62H,7-8,23,33,35-38,61H2,1-6H3,(H,63,67)(H,64,69)(H,65,68)/t46-,48-,49-,50-,51+/m0/s1. The number of ether oxygens (including phenoxy) is 2. The third-order valence-electron chi connectivity index (χ3n) is 13.4. The van der Waals surface area contributed by atoms with Gasteiger partial charge in [0.1, 0.15) is 29.8 Å². The first-order valence-electron chi connectivity index (χ1n) is 25.8. The first-order valence-corrected chi connectivity index (χ1v) is 26.6. The molecule has 7 rings (SSSR count).